The average molecular weight is 262 g/mol. The predicted molar refractivity (Wildman–Crippen MR) is 71.5 cm³/mol. The first-order valence-corrected chi connectivity index (χ1v) is 5.29. The van der Waals surface area contributed by atoms with Crippen LogP contribution in [-0.2, 0) is 0 Å². The number of hydrazone groups is 2. The van der Waals surface area contributed by atoms with Gasteiger partial charge in [0, 0.05) is 5.56 Å². The molecule has 0 aliphatic carbocycles. The molecule has 0 aliphatic heterocycles. The number of nitrogens with two attached hydrogens (primary N) is 2. The molecule has 8 heteroatoms. The van der Waals surface area contributed by atoms with Crippen LogP contribution in [0.3, 0.4) is 0 Å². The maximum absolute atomic E-state index is 10.7. The summed E-state index contributed by atoms with van der Waals surface area (Å²) in [5, 5.41) is 7.59. The minimum Gasteiger partial charge on any atom is -0.350 e. The zero-order valence-electron chi connectivity index (χ0n) is 10.3. The fraction of sp³-hybridized carbons (Fsp3) is 0.0909. The lowest BCUT2D eigenvalue weighted by molar-refractivity contribution is 0.248. The third-order valence-corrected chi connectivity index (χ3v) is 2.00. The fourth-order valence-corrected chi connectivity index (χ4v) is 1.25. The van der Waals surface area contributed by atoms with Crippen LogP contribution in [0, 0.1) is 0 Å². The molecule has 8 nitrogen and oxygen atoms in total. The molecule has 0 unspecified atom stereocenters. The number of rotatable bonds is 4. The van der Waals surface area contributed by atoms with Gasteiger partial charge in [-0.05, 0) is 6.92 Å². The van der Waals surface area contributed by atoms with Crippen molar-refractivity contribution in [3.05, 3.63) is 35.9 Å². The second-order valence-corrected chi connectivity index (χ2v) is 3.48. The quantitative estimate of drug-likeness (QED) is 0.452. The van der Waals surface area contributed by atoms with Gasteiger partial charge in [0.1, 0.15) is 5.71 Å². The monoisotopic (exact) mass is 262 g/mol. The number of hydrogen-bond acceptors (Lipinski definition) is 4. The van der Waals surface area contributed by atoms with Crippen molar-refractivity contribution in [3.63, 3.8) is 0 Å². The molecule has 1 aromatic carbocycles. The van der Waals surface area contributed by atoms with Gasteiger partial charge < -0.3 is 11.5 Å². The maximum Gasteiger partial charge on any atom is 0.332 e. The highest BCUT2D eigenvalue weighted by molar-refractivity contribution is 6.47. The van der Waals surface area contributed by atoms with Crippen LogP contribution in [0.4, 0.5) is 9.59 Å². The Morgan fingerprint density at radius 1 is 1.00 bits per heavy atom. The molecule has 0 heterocycles. The highest BCUT2D eigenvalue weighted by Gasteiger charge is 2.08. The lowest BCUT2D eigenvalue weighted by Crippen LogP contribution is -2.30. The zero-order chi connectivity index (χ0) is 14.3. The number of carbonyl (C=O) groups is 2. The number of nitrogens with zero attached hydrogens (tertiary/aromatic N) is 2. The first-order valence-electron chi connectivity index (χ1n) is 5.29. The van der Waals surface area contributed by atoms with Gasteiger partial charge in [-0.15, -0.1) is 0 Å². The minimum atomic E-state index is -0.802. The summed E-state index contributed by atoms with van der Waals surface area (Å²) in [4.78, 5) is 21.3. The van der Waals surface area contributed by atoms with E-state index in [1.807, 2.05) is 6.07 Å². The van der Waals surface area contributed by atoms with Gasteiger partial charge in [0.05, 0.1) is 5.71 Å². The van der Waals surface area contributed by atoms with E-state index in [4.69, 9.17) is 11.5 Å². The smallest absolute Gasteiger partial charge is 0.332 e. The van der Waals surface area contributed by atoms with E-state index in [0.717, 1.165) is 0 Å². The Kier molecular flexibility index (Phi) is 5.03. The van der Waals surface area contributed by atoms with Crippen molar-refractivity contribution in [2.24, 2.45) is 21.7 Å². The molecule has 0 saturated carbocycles. The number of carbonyl (C=O) groups excluding carboxylic acids is 2. The summed E-state index contributed by atoms with van der Waals surface area (Å²) in [6.45, 7) is 1.60. The fourth-order valence-electron chi connectivity index (χ4n) is 1.25. The molecule has 1 aromatic rings. The Hall–Kier alpha value is -2.90. The van der Waals surface area contributed by atoms with E-state index < -0.39 is 12.1 Å². The van der Waals surface area contributed by atoms with E-state index >= 15 is 0 Å². The molecule has 0 aliphatic rings. The third kappa shape index (κ3) is 4.86. The van der Waals surface area contributed by atoms with Crippen molar-refractivity contribution in [1.29, 1.82) is 0 Å². The van der Waals surface area contributed by atoms with Crippen LogP contribution in [0.1, 0.15) is 12.5 Å². The first-order chi connectivity index (χ1) is 9.00. The van der Waals surface area contributed by atoms with Crippen LogP contribution in [0.25, 0.3) is 0 Å². The van der Waals surface area contributed by atoms with Gasteiger partial charge in [-0.2, -0.15) is 10.2 Å². The SMILES string of the molecule is CC(=N\NC(N)=O)/C(=N/NC(N)=O)c1ccccc1. The van der Waals surface area contributed by atoms with Crippen molar-refractivity contribution in [2.45, 2.75) is 6.92 Å². The van der Waals surface area contributed by atoms with Crippen LogP contribution in [-0.4, -0.2) is 23.5 Å². The zero-order valence-corrected chi connectivity index (χ0v) is 10.3. The Balaban J connectivity index is 3.06. The van der Waals surface area contributed by atoms with Crippen molar-refractivity contribution >= 4 is 23.5 Å². The summed E-state index contributed by atoms with van der Waals surface area (Å²) in [7, 11) is 0. The average Bonchev–Trinajstić information content (AvgIpc) is 2.37. The number of primary amides is 2. The van der Waals surface area contributed by atoms with Crippen molar-refractivity contribution in [1.82, 2.24) is 10.9 Å². The Bertz CT molecular complexity index is 523. The Morgan fingerprint density at radius 3 is 2.05 bits per heavy atom. The van der Waals surface area contributed by atoms with E-state index in [1.54, 1.807) is 31.2 Å². The van der Waals surface area contributed by atoms with Crippen molar-refractivity contribution in [2.75, 3.05) is 0 Å². The predicted octanol–water partition coefficient (Wildman–Crippen LogP) is 0.103. The molecule has 6 N–H and O–H groups in total. The highest BCUT2D eigenvalue weighted by atomic mass is 16.2. The summed E-state index contributed by atoms with van der Waals surface area (Å²) >= 11 is 0. The van der Waals surface area contributed by atoms with E-state index in [9.17, 15) is 9.59 Å². The molecule has 0 spiro atoms. The van der Waals surface area contributed by atoms with E-state index in [2.05, 4.69) is 21.1 Å². The van der Waals surface area contributed by atoms with Gasteiger partial charge in [0.2, 0.25) is 0 Å². The summed E-state index contributed by atoms with van der Waals surface area (Å²) in [6.07, 6.45) is 0. The van der Waals surface area contributed by atoms with Gasteiger partial charge in [0.15, 0.2) is 0 Å². The minimum absolute atomic E-state index is 0.355. The van der Waals surface area contributed by atoms with Gasteiger partial charge in [-0.25, -0.2) is 20.4 Å². The standard InChI is InChI=1S/C11H14N6O2/c1-7(14-16-10(12)18)9(15-17-11(13)19)8-5-3-2-4-6-8/h2-6H,1H3,(H3,12,16,18)(H3,13,17,19)/b14-7+,15-9-. The lowest BCUT2D eigenvalue weighted by Gasteiger charge is -2.06. The largest absolute Gasteiger partial charge is 0.350 e. The molecule has 0 bridgehead atoms. The Labute approximate surface area is 109 Å². The molecule has 0 aromatic heterocycles. The van der Waals surface area contributed by atoms with Crippen LogP contribution < -0.4 is 22.3 Å². The molecule has 0 saturated heterocycles. The molecular weight excluding hydrogens is 248 g/mol. The summed E-state index contributed by atoms with van der Waals surface area (Å²) in [5.74, 6) is 0. The second-order valence-electron chi connectivity index (χ2n) is 3.48. The third-order valence-electron chi connectivity index (χ3n) is 2.00. The number of nitrogens with one attached hydrogen (secondary N) is 2. The van der Waals surface area contributed by atoms with Crippen LogP contribution in [0.2, 0.25) is 0 Å². The van der Waals surface area contributed by atoms with Gasteiger partial charge >= 0.3 is 12.1 Å². The molecule has 0 fully saturated rings. The van der Waals surface area contributed by atoms with Gasteiger partial charge in [-0.1, -0.05) is 30.3 Å². The van der Waals surface area contributed by atoms with Crippen molar-refractivity contribution < 1.29 is 9.59 Å². The van der Waals surface area contributed by atoms with Crippen LogP contribution >= 0.6 is 0 Å². The maximum atomic E-state index is 10.7. The summed E-state index contributed by atoms with van der Waals surface area (Å²) < 4.78 is 0. The summed E-state index contributed by atoms with van der Waals surface area (Å²) in [6, 6.07) is 7.36. The molecular formula is C11H14N6O2. The topological polar surface area (TPSA) is 135 Å². The molecule has 0 radical (unpaired) electrons. The van der Waals surface area contributed by atoms with Gasteiger partial charge in [-0.3, -0.25) is 0 Å². The molecule has 19 heavy (non-hydrogen) atoms. The number of amides is 4. The molecule has 4 amide bonds. The number of urea groups is 2. The highest BCUT2D eigenvalue weighted by Crippen LogP contribution is 2.02. The van der Waals surface area contributed by atoms with E-state index in [0.29, 0.717) is 17.0 Å². The molecule has 1 rings (SSSR count). The number of benzene rings is 1. The van der Waals surface area contributed by atoms with E-state index in [1.165, 1.54) is 0 Å². The molecule has 0 atom stereocenters. The second kappa shape index (κ2) is 6.74. The Morgan fingerprint density at radius 2 is 1.53 bits per heavy atom. The van der Waals surface area contributed by atoms with Crippen molar-refractivity contribution in [3.8, 4) is 0 Å². The van der Waals surface area contributed by atoms with E-state index in [-0.39, 0.29) is 0 Å². The van der Waals surface area contributed by atoms with Crippen LogP contribution in [0.15, 0.2) is 40.5 Å². The van der Waals surface area contributed by atoms with Crippen LogP contribution in [0.5, 0.6) is 0 Å². The normalized spacial score (nSPS) is 11.8. The number of hydrogen-bond donors (Lipinski definition) is 4. The van der Waals surface area contributed by atoms with Gasteiger partial charge in [0.25, 0.3) is 0 Å². The first kappa shape index (κ1) is 14.2. The molecule has 100 valence electrons. The lowest BCUT2D eigenvalue weighted by atomic mass is 10.1. The summed E-state index contributed by atoms with van der Waals surface area (Å²) in [5.41, 5.74) is 15.5.